The SMILES string of the molecule is Cn1ccnc1C1(O)CCN(C(=O)c2ccccc2F)CC1. The Bertz CT molecular complexity index is 690. The Labute approximate surface area is 128 Å². The number of hydrogen-bond donors (Lipinski definition) is 1. The molecule has 22 heavy (non-hydrogen) atoms. The summed E-state index contributed by atoms with van der Waals surface area (Å²) in [6.07, 6.45) is 4.20. The number of halogens is 1. The van der Waals surface area contributed by atoms with E-state index >= 15 is 0 Å². The van der Waals surface area contributed by atoms with E-state index in [9.17, 15) is 14.3 Å². The number of benzene rings is 1. The van der Waals surface area contributed by atoms with Gasteiger partial charge in [-0.25, -0.2) is 9.37 Å². The number of piperidine rings is 1. The van der Waals surface area contributed by atoms with Crippen LogP contribution in [-0.4, -0.2) is 38.6 Å². The number of amides is 1. The van der Waals surface area contributed by atoms with Crippen molar-refractivity contribution in [2.45, 2.75) is 18.4 Å². The molecule has 0 atom stereocenters. The molecular formula is C16H18FN3O2. The van der Waals surface area contributed by atoms with Crippen LogP contribution in [0.4, 0.5) is 4.39 Å². The van der Waals surface area contributed by atoms with Crippen LogP contribution < -0.4 is 0 Å². The molecule has 1 saturated heterocycles. The van der Waals surface area contributed by atoms with Crippen molar-refractivity contribution in [2.75, 3.05) is 13.1 Å². The van der Waals surface area contributed by atoms with Crippen molar-refractivity contribution < 1.29 is 14.3 Å². The Kier molecular flexibility index (Phi) is 3.70. The smallest absolute Gasteiger partial charge is 0.256 e. The van der Waals surface area contributed by atoms with Crippen LogP contribution in [0, 0.1) is 5.82 Å². The molecule has 0 saturated carbocycles. The number of hydrogen-bond acceptors (Lipinski definition) is 3. The number of imidazole rings is 1. The zero-order valence-electron chi connectivity index (χ0n) is 12.4. The van der Waals surface area contributed by atoms with E-state index < -0.39 is 11.4 Å². The topological polar surface area (TPSA) is 58.4 Å². The zero-order valence-corrected chi connectivity index (χ0v) is 12.4. The molecule has 2 aromatic rings. The highest BCUT2D eigenvalue weighted by Gasteiger charge is 2.38. The molecule has 1 aromatic heterocycles. The predicted molar refractivity (Wildman–Crippen MR) is 78.6 cm³/mol. The number of aromatic nitrogens is 2. The van der Waals surface area contributed by atoms with E-state index in [4.69, 9.17) is 0 Å². The van der Waals surface area contributed by atoms with E-state index in [2.05, 4.69) is 4.98 Å². The maximum atomic E-state index is 13.7. The van der Waals surface area contributed by atoms with Crippen molar-refractivity contribution in [3.05, 3.63) is 53.9 Å². The minimum absolute atomic E-state index is 0.0740. The Balaban J connectivity index is 1.73. The maximum absolute atomic E-state index is 13.7. The number of rotatable bonds is 2. The van der Waals surface area contributed by atoms with E-state index in [-0.39, 0.29) is 11.5 Å². The molecule has 116 valence electrons. The van der Waals surface area contributed by atoms with Gasteiger partial charge in [0.05, 0.1) is 5.56 Å². The summed E-state index contributed by atoms with van der Waals surface area (Å²) in [5.74, 6) is -0.247. The minimum atomic E-state index is -1.04. The standard InChI is InChI=1S/C16H18FN3O2/c1-19-11-8-18-15(19)16(22)6-9-20(10-7-16)14(21)12-4-2-3-5-13(12)17/h2-5,8,11,22H,6-7,9-10H2,1H3. The van der Waals surface area contributed by atoms with Gasteiger partial charge in [-0.2, -0.15) is 0 Å². The lowest BCUT2D eigenvalue weighted by atomic mass is 9.90. The third-order valence-electron chi connectivity index (χ3n) is 4.22. The Morgan fingerprint density at radius 2 is 2.00 bits per heavy atom. The minimum Gasteiger partial charge on any atom is -0.382 e. The third kappa shape index (κ3) is 2.50. The molecule has 1 aliphatic rings. The van der Waals surface area contributed by atoms with Gasteiger partial charge in [0.1, 0.15) is 17.2 Å². The van der Waals surface area contributed by atoms with Gasteiger partial charge in [0.25, 0.3) is 5.91 Å². The molecule has 6 heteroatoms. The molecule has 2 heterocycles. The van der Waals surface area contributed by atoms with Crippen LogP contribution in [0.25, 0.3) is 0 Å². The highest BCUT2D eigenvalue weighted by Crippen LogP contribution is 2.32. The zero-order chi connectivity index (χ0) is 15.7. The summed E-state index contributed by atoms with van der Waals surface area (Å²) in [5, 5.41) is 10.7. The Morgan fingerprint density at radius 1 is 1.32 bits per heavy atom. The molecule has 0 bridgehead atoms. The first-order chi connectivity index (χ1) is 10.5. The van der Waals surface area contributed by atoms with E-state index in [1.54, 1.807) is 34.0 Å². The molecule has 0 radical (unpaired) electrons. The molecule has 3 rings (SSSR count). The first kappa shape index (κ1) is 14.7. The molecule has 1 aliphatic heterocycles. The van der Waals surface area contributed by atoms with Crippen molar-refractivity contribution in [1.29, 1.82) is 0 Å². The van der Waals surface area contributed by atoms with Crippen LogP contribution in [0.15, 0.2) is 36.7 Å². The number of carbonyl (C=O) groups excluding carboxylic acids is 1. The fourth-order valence-corrected chi connectivity index (χ4v) is 2.92. The van der Waals surface area contributed by atoms with Crippen LogP contribution in [0.1, 0.15) is 29.0 Å². The van der Waals surface area contributed by atoms with Crippen LogP contribution in [0.2, 0.25) is 0 Å². The second-order valence-corrected chi connectivity index (χ2v) is 5.67. The first-order valence-corrected chi connectivity index (χ1v) is 7.25. The Morgan fingerprint density at radius 3 is 2.59 bits per heavy atom. The van der Waals surface area contributed by atoms with E-state index in [0.29, 0.717) is 31.8 Å². The molecule has 1 fully saturated rings. The van der Waals surface area contributed by atoms with Crippen LogP contribution >= 0.6 is 0 Å². The summed E-state index contributed by atoms with van der Waals surface area (Å²) in [6.45, 7) is 0.743. The lowest BCUT2D eigenvalue weighted by Crippen LogP contribution is -2.46. The number of aryl methyl sites for hydroxylation is 1. The largest absolute Gasteiger partial charge is 0.382 e. The fourth-order valence-electron chi connectivity index (χ4n) is 2.92. The van der Waals surface area contributed by atoms with Crippen molar-refractivity contribution in [3.63, 3.8) is 0 Å². The molecule has 0 unspecified atom stereocenters. The normalized spacial score (nSPS) is 17.5. The summed E-state index contributed by atoms with van der Waals surface area (Å²) in [5.41, 5.74) is -0.963. The van der Waals surface area contributed by atoms with Gasteiger partial charge in [0.2, 0.25) is 0 Å². The summed E-state index contributed by atoms with van der Waals surface area (Å²) >= 11 is 0. The molecule has 0 aliphatic carbocycles. The van der Waals surface area contributed by atoms with Crippen molar-refractivity contribution >= 4 is 5.91 Å². The number of likely N-dealkylation sites (tertiary alicyclic amines) is 1. The van der Waals surface area contributed by atoms with Crippen molar-refractivity contribution in [1.82, 2.24) is 14.5 Å². The van der Waals surface area contributed by atoms with Gasteiger partial charge in [-0.05, 0) is 12.1 Å². The van der Waals surface area contributed by atoms with Crippen LogP contribution in [-0.2, 0) is 12.6 Å². The first-order valence-electron chi connectivity index (χ1n) is 7.25. The highest BCUT2D eigenvalue weighted by atomic mass is 19.1. The molecule has 1 aromatic carbocycles. The van der Waals surface area contributed by atoms with Crippen LogP contribution in [0.3, 0.4) is 0 Å². The summed E-state index contributed by atoms with van der Waals surface area (Å²) < 4.78 is 15.5. The molecule has 0 spiro atoms. The van der Waals surface area contributed by atoms with Crippen molar-refractivity contribution in [3.8, 4) is 0 Å². The third-order valence-corrected chi connectivity index (χ3v) is 4.22. The maximum Gasteiger partial charge on any atom is 0.256 e. The van der Waals surface area contributed by atoms with Gasteiger partial charge < -0.3 is 14.6 Å². The highest BCUT2D eigenvalue weighted by molar-refractivity contribution is 5.94. The van der Waals surface area contributed by atoms with E-state index in [0.717, 1.165) is 0 Å². The lowest BCUT2D eigenvalue weighted by Gasteiger charge is -2.37. The number of carbonyl (C=O) groups is 1. The molecule has 1 N–H and O–H groups in total. The average Bonchev–Trinajstić information content (AvgIpc) is 2.95. The van der Waals surface area contributed by atoms with Crippen LogP contribution in [0.5, 0.6) is 0 Å². The monoisotopic (exact) mass is 303 g/mol. The summed E-state index contributed by atoms with van der Waals surface area (Å²) in [4.78, 5) is 18.2. The summed E-state index contributed by atoms with van der Waals surface area (Å²) in [6, 6.07) is 5.96. The lowest BCUT2D eigenvalue weighted by molar-refractivity contribution is -0.0298. The van der Waals surface area contributed by atoms with Crippen molar-refractivity contribution in [2.24, 2.45) is 7.05 Å². The molecular weight excluding hydrogens is 285 g/mol. The molecule has 1 amide bonds. The fraction of sp³-hybridized carbons (Fsp3) is 0.375. The second kappa shape index (κ2) is 5.53. The predicted octanol–water partition coefficient (Wildman–Crippen LogP) is 1.68. The van der Waals surface area contributed by atoms with Gasteiger partial charge in [-0.1, -0.05) is 12.1 Å². The Hall–Kier alpha value is -2.21. The van der Waals surface area contributed by atoms with Gasteiger partial charge in [-0.15, -0.1) is 0 Å². The van der Waals surface area contributed by atoms with E-state index in [1.807, 2.05) is 7.05 Å². The van der Waals surface area contributed by atoms with E-state index in [1.165, 1.54) is 12.1 Å². The van der Waals surface area contributed by atoms with Gasteiger partial charge in [0, 0.05) is 45.4 Å². The molecule has 5 nitrogen and oxygen atoms in total. The average molecular weight is 303 g/mol. The van der Waals surface area contributed by atoms with Gasteiger partial charge in [-0.3, -0.25) is 4.79 Å². The van der Waals surface area contributed by atoms with Gasteiger partial charge >= 0.3 is 0 Å². The second-order valence-electron chi connectivity index (χ2n) is 5.67. The number of aliphatic hydroxyl groups is 1. The summed E-state index contributed by atoms with van der Waals surface area (Å²) in [7, 11) is 1.83. The number of nitrogens with zero attached hydrogens (tertiary/aromatic N) is 3. The van der Waals surface area contributed by atoms with Gasteiger partial charge in [0.15, 0.2) is 0 Å². The quantitative estimate of drug-likeness (QED) is 0.918.